The van der Waals surface area contributed by atoms with Crippen LogP contribution in [-0.4, -0.2) is 0 Å². The van der Waals surface area contributed by atoms with E-state index in [9.17, 15) is 0 Å². The first-order valence-corrected chi connectivity index (χ1v) is 6.66. The molecular formula is C16H17N. The molecule has 0 heterocycles. The van der Waals surface area contributed by atoms with E-state index in [1.807, 2.05) is 0 Å². The minimum absolute atomic E-state index is 0.267. The van der Waals surface area contributed by atoms with E-state index >= 15 is 0 Å². The largest absolute Gasteiger partial charge is 0.324 e. The highest BCUT2D eigenvalue weighted by Crippen LogP contribution is 2.39. The minimum atomic E-state index is 0.267. The normalized spacial score (nSPS) is 21.8. The van der Waals surface area contributed by atoms with Gasteiger partial charge >= 0.3 is 0 Å². The quantitative estimate of drug-likeness (QED) is 0.728. The molecule has 2 aliphatic carbocycles. The van der Waals surface area contributed by atoms with Crippen LogP contribution in [0.5, 0.6) is 0 Å². The van der Waals surface area contributed by atoms with E-state index in [1.54, 1.807) is 10.9 Å². The maximum Gasteiger partial charge on any atom is 0.0298 e. The average molecular weight is 223 g/mol. The van der Waals surface area contributed by atoms with Gasteiger partial charge in [0.05, 0.1) is 0 Å². The molecule has 1 atom stereocenters. The van der Waals surface area contributed by atoms with Gasteiger partial charge < -0.3 is 5.73 Å². The highest BCUT2D eigenvalue weighted by molar-refractivity contribution is 5.94. The molecule has 0 saturated carbocycles. The number of rotatable bonds is 0. The van der Waals surface area contributed by atoms with Gasteiger partial charge in [-0.1, -0.05) is 24.3 Å². The third-order valence-corrected chi connectivity index (χ3v) is 4.48. The van der Waals surface area contributed by atoms with Crippen molar-refractivity contribution < 1.29 is 0 Å². The van der Waals surface area contributed by atoms with Crippen molar-refractivity contribution in [3.63, 3.8) is 0 Å². The molecule has 0 radical (unpaired) electrons. The Hall–Kier alpha value is -1.34. The zero-order valence-corrected chi connectivity index (χ0v) is 10.00. The van der Waals surface area contributed by atoms with Gasteiger partial charge in [-0.25, -0.2) is 0 Å². The summed E-state index contributed by atoms with van der Waals surface area (Å²) in [6.45, 7) is 0. The molecule has 0 spiro atoms. The van der Waals surface area contributed by atoms with E-state index in [1.165, 1.54) is 47.8 Å². The highest BCUT2D eigenvalue weighted by atomic mass is 14.6. The molecule has 1 nitrogen and oxygen atoms in total. The smallest absolute Gasteiger partial charge is 0.0298 e. The van der Waals surface area contributed by atoms with Crippen LogP contribution in [0.25, 0.3) is 10.8 Å². The molecule has 0 fully saturated rings. The molecule has 0 bridgehead atoms. The van der Waals surface area contributed by atoms with Crippen LogP contribution in [0.15, 0.2) is 24.3 Å². The van der Waals surface area contributed by atoms with Crippen LogP contribution in [0.2, 0.25) is 0 Å². The molecule has 0 aromatic heterocycles. The summed E-state index contributed by atoms with van der Waals surface area (Å²) in [5, 5.41) is 3.03. The molecule has 0 aliphatic heterocycles. The van der Waals surface area contributed by atoms with Gasteiger partial charge in [0.1, 0.15) is 0 Å². The zero-order chi connectivity index (χ0) is 11.4. The molecule has 0 unspecified atom stereocenters. The van der Waals surface area contributed by atoms with Crippen LogP contribution in [-0.2, 0) is 19.3 Å². The van der Waals surface area contributed by atoms with E-state index in [4.69, 9.17) is 5.73 Å². The summed E-state index contributed by atoms with van der Waals surface area (Å²) in [6.07, 6.45) is 6.02. The van der Waals surface area contributed by atoms with Gasteiger partial charge in [-0.15, -0.1) is 0 Å². The average Bonchev–Trinajstić information content (AvgIpc) is 2.76. The SMILES string of the molecule is N[C@H]1CCCc2c1cc1c3c(cccc23)CC1. The van der Waals surface area contributed by atoms with Gasteiger partial charge in [0.15, 0.2) is 0 Å². The predicted molar refractivity (Wildman–Crippen MR) is 71.2 cm³/mol. The maximum atomic E-state index is 6.28. The van der Waals surface area contributed by atoms with Crippen molar-refractivity contribution in [2.45, 2.75) is 38.1 Å². The summed E-state index contributed by atoms with van der Waals surface area (Å²) in [6, 6.07) is 9.47. The fourth-order valence-corrected chi connectivity index (χ4v) is 3.67. The van der Waals surface area contributed by atoms with Crippen LogP contribution >= 0.6 is 0 Å². The lowest BCUT2D eigenvalue weighted by atomic mass is 9.83. The molecule has 0 saturated heterocycles. The number of aryl methyl sites for hydroxylation is 3. The lowest BCUT2D eigenvalue weighted by molar-refractivity contribution is 0.573. The fraction of sp³-hybridized carbons (Fsp3) is 0.375. The number of hydrogen-bond donors (Lipinski definition) is 1. The summed E-state index contributed by atoms with van der Waals surface area (Å²) < 4.78 is 0. The number of hydrogen-bond acceptors (Lipinski definition) is 1. The standard InChI is InChI=1S/C16H17N/c17-15-6-2-4-12-13-5-1-3-10-7-8-11(16(10)13)9-14(12)15/h1,3,5,9,15H,2,4,6-8,17H2/t15-/m0/s1. The molecular weight excluding hydrogens is 206 g/mol. The van der Waals surface area contributed by atoms with E-state index in [2.05, 4.69) is 24.3 Å². The van der Waals surface area contributed by atoms with Crippen LogP contribution in [0.4, 0.5) is 0 Å². The molecule has 2 N–H and O–H groups in total. The summed E-state index contributed by atoms with van der Waals surface area (Å²) in [7, 11) is 0. The molecule has 2 aromatic carbocycles. The number of fused-ring (bicyclic) bond motifs is 2. The lowest BCUT2D eigenvalue weighted by Gasteiger charge is -2.24. The summed E-state index contributed by atoms with van der Waals surface area (Å²) in [5.74, 6) is 0. The summed E-state index contributed by atoms with van der Waals surface area (Å²) in [5.41, 5.74) is 12.3. The molecule has 0 amide bonds. The first-order chi connectivity index (χ1) is 8.34. The third kappa shape index (κ3) is 1.23. The van der Waals surface area contributed by atoms with Crippen molar-refractivity contribution in [2.75, 3.05) is 0 Å². The lowest BCUT2D eigenvalue weighted by Crippen LogP contribution is -2.18. The van der Waals surface area contributed by atoms with Gasteiger partial charge in [-0.3, -0.25) is 0 Å². The van der Waals surface area contributed by atoms with Gasteiger partial charge in [-0.05, 0) is 65.1 Å². The first-order valence-electron chi connectivity index (χ1n) is 6.66. The zero-order valence-electron chi connectivity index (χ0n) is 10.00. The Labute approximate surface area is 102 Å². The van der Waals surface area contributed by atoms with Gasteiger partial charge in [0.25, 0.3) is 0 Å². The van der Waals surface area contributed by atoms with Crippen LogP contribution in [0.3, 0.4) is 0 Å². The fourth-order valence-electron chi connectivity index (χ4n) is 3.67. The second kappa shape index (κ2) is 3.33. The number of benzene rings is 2. The van der Waals surface area contributed by atoms with Crippen molar-refractivity contribution in [2.24, 2.45) is 5.73 Å². The van der Waals surface area contributed by atoms with Gasteiger partial charge in [0, 0.05) is 6.04 Å². The topological polar surface area (TPSA) is 26.0 Å². The Morgan fingerprint density at radius 1 is 1.06 bits per heavy atom. The van der Waals surface area contributed by atoms with E-state index in [-0.39, 0.29) is 6.04 Å². The molecule has 17 heavy (non-hydrogen) atoms. The maximum absolute atomic E-state index is 6.28. The molecule has 2 aliphatic rings. The molecule has 1 heteroatoms. The highest BCUT2D eigenvalue weighted by Gasteiger charge is 2.23. The Balaban J connectivity index is 2.14. The Kier molecular flexibility index (Phi) is 1.89. The van der Waals surface area contributed by atoms with Crippen molar-refractivity contribution in [3.8, 4) is 0 Å². The van der Waals surface area contributed by atoms with E-state index in [0.717, 1.165) is 6.42 Å². The monoisotopic (exact) mass is 223 g/mol. The van der Waals surface area contributed by atoms with Crippen molar-refractivity contribution in [1.29, 1.82) is 0 Å². The van der Waals surface area contributed by atoms with Crippen molar-refractivity contribution in [3.05, 3.63) is 46.5 Å². The Morgan fingerprint density at radius 2 is 1.94 bits per heavy atom. The van der Waals surface area contributed by atoms with Crippen molar-refractivity contribution in [1.82, 2.24) is 0 Å². The molecule has 2 aromatic rings. The molecule has 4 rings (SSSR count). The predicted octanol–water partition coefficient (Wildman–Crippen LogP) is 3.27. The summed E-state index contributed by atoms with van der Waals surface area (Å²) in [4.78, 5) is 0. The Bertz CT molecular complexity index is 612. The van der Waals surface area contributed by atoms with E-state index < -0.39 is 0 Å². The van der Waals surface area contributed by atoms with Gasteiger partial charge in [0.2, 0.25) is 0 Å². The second-order valence-electron chi connectivity index (χ2n) is 5.44. The summed E-state index contributed by atoms with van der Waals surface area (Å²) >= 11 is 0. The second-order valence-corrected chi connectivity index (χ2v) is 5.44. The van der Waals surface area contributed by atoms with Crippen LogP contribution in [0, 0.1) is 0 Å². The molecule has 86 valence electrons. The van der Waals surface area contributed by atoms with Crippen LogP contribution in [0.1, 0.15) is 41.1 Å². The van der Waals surface area contributed by atoms with Crippen molar-refractivity contribution >= 4 is 10.8 Å². The third-order valence-electron chi connectivity index (χ3n) is 4.48. The van der Waals surface area contributed by atoms with Crippen LogP contribution < -0.4 is 5.73 Å². The minimum Gasteiger partial charge on any atom is -0.324 e. The first kappa shape index (κ1) is 9.67. The van der Waals surface area contributed by atoms with Gasteiger partial charge in [-0.2, -0.15) is 0 Å². The van der Waals surface area contributed by atoms with E-state index in [0.29, 0.717) is 0 Å². The number of nitrogens with two attached hydrogens (primary N) is 1. The Morgan fingerprint density at radius 3 is 2.88 bits per heavy atom.